The molecule has 1 atom stereocenters. The minimum Gasteiger partial charge on any atom is -0.385 e. The summed E-state index contributed by atoms with van der Waals surface area (Å²) in [6.45, 7) is 0.0643. The first kappa shape index (κ1) is 21.2. The number of nitrogens with zero attached hydrogens (tertiary/aromatic N) is 1. The van der Waals surface area contributed by atoms with E-state index in [0.29, 0.717) is 12.8 Å². The maximum Gasteiger partial charge on any atom is 0.268 e. The molecule has 0 bridgehead atoms. The van der Waals surface area contributed by atoms with Gasteiger partial charge in [-0.1, -0.05) is 0 Å². The molecule has 1 saturated carbocycles. The third kappa shape index (κ3) is 4.09. The van der Waals surface area contributed by atoms with Gasteiger partial charge in [0, 0.05) is 23.9 Å². The Balaban J connectivity index is 1.41. The van der Waals surface area contributed by atoms with Gasteiger partial charge >= 0.3 is 0 Å². The van der Waals surface area contributed by atoms with E-state index in [0.717, 1.165) is 28.1 Å². The lowest BCUT2D eigenvalue weighted by atomic mass is 9.70. The van der Waals surface area contributed by atoms with Crippen molar-refractivity contribution < 1.29 is 23.5 Å². The number of aromatic nitrogens is 1. The van der Waals surface area contributed by atoms with Crippen molar-refractivity contribution in [2.75, 3.05) is 6.54 Å². The monoisotopic (exact) mass is 449 g/mol. The second-order valence-electron chi connectivity index (χ2n) is 8.45. The van der Waals surface area contributed by atoms with Gasteiger partial charge in [0.05, 0.1) is 0 Å². The third-order valence-corrected chi connectivity index (χ3v) is 6.30. The van der Waals surface area contributed by atoms with Gasteiger partial charge in [-0.2, -0.15) is 0 Å². The Morgan fingerprint density at radius 1 is 0.970 bits per heavy atom. The zero-order valence-corrected chi connectivity index (χ0v) is 17.5. The van der Waals surface area contributed by atoms with E-state index in [2.05, 4.69) is 15.3 Å². The molecule has 2 heterocycles. The van der Waals surface area contributed by atoms with Gasteiger partial charge in [-0.25, -0.2) is 13.8 Å². The first-order chi connectivity index (χ1) is 15.9. The van der Waals surface area contributed by atoms with Gasteiger partial charge in [0.15, 0.2) is 0 Å². The number of β-amino-alcohol motifs (C(OH)–C–C–N with tert-alkyl or cyclic N) is 1. The zero-order chi connectivity index (χ0) is 23.1. The van der Waals surface area contributed by atoms with E-state index in [1.165, 1.54) is 24.3 Å². The van der Waals surface area contributed by atoms with Crippen LogP contribution in [-0.2, 0) is 9.59 Å². The first-order valence-electron chi connectivity index (χ1n) is 10.7. The number of aromatic amines is 1. The van der Waals surface area contributed by atoms with E-state index >= 15 is 0 Å². The van der Waals surface area contributed by atoms with Gasteiger partial charge in [0.2, 0.25) is 5.91 Å². The van der Waals surface area contributed by atoms with E-state index < -0.39 is 17.9 Å². The molecule has 168 valence electrons. The van der Waals surface area contributed by atoms with Crippen LogP contribution in [0.25, 0.3) is 22.5 Å². The Morgan fingerprint density at radius 2 is 1.58 bits per heavy atom. The lowest BCUT2D eigenvalue weighted by molar-refractivity contribution is -0.124. The Bertz CT molecular complexity index is 1240. The number of aliphatic hydroxyl groups is 1. The molecule has 1 saturated heterocycles. The maximum atomic E-state index is 13.5. The van der Waals surface area contributed by atoms with Crippen molar-refractivity contribution in [3.05, 3.63) is 71.8 Å². The van der Waals surface area contributed by atoms with Crippen LogP contribution in [0.15, 0.2) is 59.6 Å². The molecule has 3 aromatic rings. The van der Waals surface area contributed by atoms with E-state index in [-0.39, 0.29) is 35.7 Å². The summed E-state index contributed by atoms with van der Waals surface area (Å²) in [6, 6.07) is 14.3. The summed E-state index contributed by atoms with van der Waals surface area (Å²) < 4.78 is 26.8. The van der Waals surface area contributed by atoms with Gasteiger partial charge in [-0.05, 0) is 90.0 Å². The number of carbonyl (C=O) groups excluding carboxylic acids is 2. The molecule has 2 amide bonds. The number of benzene rings is 2. The highest BCUT2D eigenvalue weighted by Gasteiger charge is 2.39. The standard InChI is InChI=1S/C25H21F2N3O3/c26-17-5-1-13(2-6-17)20-11-19(22(29-20)14-3-7-18(27)8-4-14)15-9-16(10-15)24(32)30-23-21(31)12-28-25(23)33/h1-8,11,15-16,21,29,31H,9-10,12H2,(H,28,33)/t15?,16?,21-/m1/s1. The summed E-state index contributed by atoms with van der Waals surface area (Å²) >= 11 is 0. The summed E-state index contributed by atoms with van der Waals surface area (Å²) in [4.78, 5) is 31.5. The molecule has 0 spiro atoms. The van der Waals surface area contributed by atoms with Gasteiger partial charge in [0.1, 0.15) is 23.5 Å². The smallest absolute Gasteiger partial charge is 0.268 e. The third-order valence-electron chi connectivity index (χ3n) is 6.30. The first-order valence-corrected chi connectivity index (χ1v) is 10.7. The number of aliphatic hydroxyl groups excluding tert-OH is 1. The van der Waals surface area contributed by atoms with Crippen LogP contribution in [0.4, 0.5) is 8.78 Å². The van der Waals surface area contributed by atoms with Gasteiger partial charge < -0.3 is 15.4 Å². The number of nitrogens with one attached hydrogen (secondary N) is 2. The topological polar surface area (TPSA) is 94.5 Å². The van der Waals surface area contributed by atoms with Crippen LogP contribution in [0.2, 0.25) is 0 Å². The van der Waals surface area contributed by atoms with Gasteiger partial charge in [-0.15, -0.1) is 0 Å². The molecule has 1 aromatic heterocycles. The van der Waals surface area contributed by atoms with Crippen molar-refractivity contribution in [1.82, 2.24) is 10.3 Å². The lowest BCUT2D eigenvalue weighted by Crippen LogP contribution is -2.31. The van der Waals surface area contributed by atoms with Crippen molar-refractivity contribution >= 4 is 17.5 Å². The summed E-state index contributed by atoms with van der Waals surface area (Å²) in [6.07, 6.45) is 0.0233. The van der Waals surface area contributed by atoms with Crippen LogP contribution in [-0.4, -0.2) is 40.3 Å². The number of rotatable bonds is 4. The fourth-order valence-corrected chi connectivity index (χ4v) is 4.37. The minimum atomic E-state index is -1.06. The van der Waals surface area contributed by atoms with Gasteiger partial charge in [0.25, 0.3) is 5.91 Å². The van der Waals surface area contributed by atoms with Crippen molar-refractivity contribution in [2.24, 2.45) is 10.9 Å². The average molecular weight is 449 g/mol. The maximum absolute atomic E-state index is 13.5. The van der Waals surface area contributed by atoms with E-state index in [1.54, 1.807) is 24.3 Å². The second kappa shape index (κ2) is 8.37. The number of halogens is 2. The van der Waals surface area contributed by atoms with Crippen LogP contribution in [0, 0.1) is 17.6 Å². The average Bonchev–Trinajstić information content (AvgIpc) is 3.33. The highest BCUT2D eigenvalue weighted by Crippen LogP contribution is 2.46. The number of carbonyl (C=O) groups is 2. The van der Waals surface area contributed by atoms with Gasteiger partial charge in [-0.3, -0.25) is 9.59 Å². The SMILES string of the molecule is O=C1NC[C@@H](O)C1=NC(=O)C1CC(c2cc(-c3ccc(F)cc3)[nH]c2-c2ccc(F)cc2)C1. The molecule has 0 radical (unpaired) electrons. The quantitative estimate of drug-likeness (QED) is 0.568. The molecule has 5 rings (SSSR count). The number of hydrogen-bond acceptors (Lipinski definition) is 3. The highest BCUT2D eigenvalue weighted by molar-refractivity contribution is 6.43. The molecule has 8 heteroatoms. The molecule has 2 fully saturated rings. The number of aliphatic imine (C=N–C) groups is 1. The second-order valence-corrected chi connectivity index (χ2v) is 8.45. The van der Waals surface area contributed by atoms with Crippen molar-refractivity contribution in [1.29, 1.82) is 0 Å². The predicted molar refractivity (Wildman–Crippen MR) is 119 cm³/mol. The van der Waals surface area contributed by atoms with E-state index in [4.69, 9.17) is 0 Å². The Hall–Kier alpha value is -3.65. The summed E-state index contributed by atoms with van der Waals surface area (Å²) in [7, 11) is 0. The molecule has 6 nitrogen and oxygen atoms in total. The van der Waals surface area contributed by atoms with Crippen LogP contribution < -0.4 is 5.32 Å². The highest BCUT2D eigenvalue weighted by atomic mass is 19.1. The fraction of sp³-hybridized carbons (Fsp3) is 0.240. The van der Waals surface area contributed by atoms with Crippen LogP contribution in [0.1, 0.15) is 24.3 Å². The van der Waals surface area contributed by atoms with Crippen molar-refractivity contribution in [2.45, 2.75) is 24.9 Å². The molecular formula is C25H21F2N3O3. The molecule has 0 unspecified atom stereocenters. The zero-order valence-electron chi connectivity index (χ0n) is 17.5. The number of amides is 2. The van der Waals surface area contributed by atoms with E-state index in [9.17, 15) is 23.5 Å². The van der Waals surface area contributed by atoms with Crippen LogP contribution in [0.5, 0.6) is 0 Å². The lowest BCUT2D eigenvalue weighted by Gasteiger charge is -2.33. The summed E-state index contributed by atoms with van der Waals surface area (Å²) in [5, 5.41) is 12.3. The molecular weight excluding hydrogens is 428 g/mol. The Labute approximate surface area is 188 Å². The molecule has 1 aliphatic heterocycles. The minimum absolute atomic E-state index is 0.0620. The van der Waals surface area contributed by atoms with Crippen molar-refractivity contribution in [3.63, 3.8) is 0 Å². The molecule has 33 heavy (non-hydrogen) atoms. The Kier molecular flexibility index (Phi) is 5.38. The van der Waals surface area contributed by atoms with Crippen molar-refractivity contribution in [3.8, 4) is 22.5 Å². The van der Waals surface area contributed by atoms with Crippen LogP contribution >= 0.6 is 0 Å². The molecule has 1 aliphatic carbocycles. The molecule has 2 aromatic carbocycles. The number of hydrogen-bond donors (Lipinski definition) is 3. The summed E-state index contributed by atoms with van der Waals surface area (Å²) in [5.74, 6) is -1.86. The largest absolute Gasteiger partial charge is 0.385 e. The molecule has 3 N–H and O–H groups in total. The predicted octanol–water partition coefficient (Wildman–Crippen LogP) is 3.58. The Morgan fingerprint density at radius 3 is 2.15 bits per heavy atom. The normalized spacial score (nSPS) is 23.4. The van der Waals surface area contributed by atoms with Crippen LogP contribution in [0.3, 0.4) is 0 Å². The summed E-state index contributed by atoms with van der Waals surface area (Å²) in [5.41, 5.74) is 4.09. The molecule has 2 aliphatic rings. The van der Waals surface area contributed by atoms with E-state index in [1.807, 2.05) is 6.07 Å². The number of H-pyrrole nitrogens is 1. The fourth-order valence-electron chi connectivity index (χ4n) is 4.37.